The number of ether oxygens (including phenoxy) is 1. The van der Waals surface area contributed by atoms with Crippen molar-refractivity contribution in [3.05, 3.63) is 66.0 Å². The Kier molecular flexibility index (Phi) is 4.48. The predicted molar refractivity (Wildman–Crippen MR) is 97.0 cm³/mol. The molecule has 132 valence electrons. The van der Waals surface area contributed by atoms with Gasteiger partial charge in [0, 0.05) is 23.5 Å². The van der Waals surface area contributed by atoms with Crippen molar-refractivity contribution in [2.24, 2.45) is 0 Å². The molecule has 4 rings (SSSR count). The molecular formula is C20H19FN4O. The van der Waals surface area contributed by atoms with Gasteiger partial charge in [-0.15, -0.1) is 0 Å². The number of hydrogen-bond donors (Lipinski definition) is 1. The molecule has 2 aromatic heterocycles. The summed E-state index contributed by atoms with van der Waals surface area (Å²) in [5.74, 6) is 0.558. The maximum absolute atomic E-state index is 15.3. The summed E-state index contributed by atoms with van der Waals surface area (Å²) < 4.78 is 21.2. The molecule has 5 nitrogen and oxygen atoms in total. The van der Waals surface area contributed by atoms with Crippen molar-refractivity contribution in [3.63, 3.8) is 0 Å². The van der Waals surface area contributed by atoms with Crippen LogP contribution in [-0.2, 0) is 6.61 Å². The summed E-state index contributed by atoms with van der Waals surface area (Å²) in [4.78, 5) is 12.2. The van der Waals surface area contributed by atoms with Crippen LogP contribution < -0.4 is 10.5 Å². The van der Waals surface area contributed by atoms with Crippen LogP contribution in [0.4, 0.5) is 10.2 Å². The fraction of sp³-hybridized carbons (Fsp3) is 0.250. The van der Waals surface area contributed by atoms with Crippen molar-refractivity contribution in [1.82, 2.24) is 15.0 Å². The molecule has 0 radical (unpaired) electrons. The van der Waals surface area contributed by atoms with Crippen LogP contribution in [0.3, 0.4) is 0 Å². The largest absolute Gasteiger partial charge is 0.486 e. The average molecular weight is 350 g/mol. The lowest BCUT2D eigenvalue weighted by Crippen LogP contribution is -2.12. The van der Waals surface area contributed by atoms with E-state index in [1.54, 1.807) is 18.5 Å². The lowest BCUT2D eigenvalue weighted by atomic mass is 9.79. The van der Waals surface area contributed by atoms with Gasteiger partial charge in [0.2, 0.25) is 0 Å². The zero-order valence-electron chi connectivity index (χ0n) is 14.2. The van der Waals surface area contributed by atoms with E-state index < -0.39 is 5.82 Å². The number of pyridine rings is 1. The molecule has 26 heavy (non-hydrogen) atoms. The summed E-state index contributed by atoms with van der Waals surface area (Å²) >= 11 is 0. The average Bonchev–Trinajstić information content (AvgIpc) is 2.62. The Hall–Kier alpha value is -3.02. The number of aromatic nitrogens is 3. The Balaban J connectivity index is 1.70. The van der Waals surface area contributed by atoms with E-state index in [4.69, 9.17) is 10.5 Å². The minimum Gasteiger partial charge on any atom is -0.486 e. The van der Waals surface area contributed by atoms with Crippen LogP contribution >= 0.6 is 0 Å². The smallest absolute Gasteiger partial charge is 0.174 e. The summed E-state index contributed by atoms with van der Waals surface area (Å²) in [7, 11) is 0. The predicted octanol–water partition coefficient (Wildman–Crippen LogP) is 4.11. The molecule has 0 atom stereocenters. The van der Waals surface area contributed by atoms with Gasteiger partial charge in [-0.25, -0.2) is 9.37 Å². The molecule has 1 saturated carbocycles. The van der Waals surface area contributed by atoms with Crippen molar-refractivity contribution >= 4 is 5.82 Å². The number of nitrogens with two attached hydrogens (primary N) is 1. The van der Waals surface area contributed by atoms with Crippen molar-refractivity contribution in [2.45, 2.75) is 31.8 Å². The first-order valence-electron chi connectivity index (χ1n) is 8.64. The monoisotopic (exact) mass is 350 g/mol. The van der Waals surface area contributed by atoms with E-state index in [1.165, 1.54) is 18.8 Å². The van der Waals surface area contributed by atoms with E-state index in [-0.39, 0.29) is 6.61 Å². The van der Waals surface area contributed by atoms with Crippen molar-refractivity contribution in [1.29, 1.82) is 0 Å². The first-order valence-corrected chi connectivity index (χ1v) is 8.64. The molecule has 0 bridgehead atoms. The lowest BCUT2D eigenvalue weighted by molar-refractivity contribution is 0.278. The quantitative estimate of drug-likeness (QED) is 0.750. The van der Waals surface area contributed by atoms with Gasteiger partial charge in [0.15, 0.2) is 11.6 Å². The first-order chi connectivity index (χ1) is 12.7. The van der Waals surface area contributed by atoms with E-state index in [1.807, 2.05) is 18.2 Å². The van der Waals surface area contributed by atoms with Gasteiger partial charge in [-0.1, -0.05) is 12.5 Å². The van der Waals surface area contributed by atoms with Crippen LogP contribution in [0.1, 0.15) is 36.3 Å². The normalized spacial score (nSPS) is 14.0. The molecule has 1 aliphatic carbocycles. The first kappa shape index (κ1) is 16.4. The third-order valence-electron chi connectivity index (χ3n) is 4.75. The number of anilines is 1. The van der Waals surface area contributed by atoms with E-state index in [2.05, 4.69) is 15.0 Å². The molecule has 6 heteroatoms. The van der Waals surface area contributed by atoms with Crippen LogP contribution in [0.25, 0.3) is 11.3 Å². The Morgan fingerprint density at radius 3 is 2.54 bits per heavy atom. The Morgan fingerprint density at radius 2 is 1.88 bits per heavy atom. The maximum atomic E-state index is 15.3. The number of benzene rings is 1. The molecule has 0 amide bonds. The van der Waals surface area contributed by atoms with Crippen molar-refractivity contribution in [3.8, 4) is 17.0 Å². The summed E-state index contributed by atoms with van der Waals surface area (Å²) in [6, 6.07) is 7.41. The van der Waals surface area contributed by atoms with E-state index in [9.17, 15) is 0 Å². The SMILES string of the molecule is Nc1cnc(-c2ccc(C3CCC3)c(OCc3ccncc3)c2F)cn1. The molecule has 2 N–H and O–H groups in total. The standard InChI is InChI=1S/C20H19FN4O/c21-19-16(17-10-25-18(22)11-24-17)5-4-15(14-2-1-3-14)20(19)26-12-13-6-8-23-9-7-13/h4-11,14H,1-3,12H2,(H2,22,25). The van der Waals surface area contributed by atoms with Gasteiger partial charge in [0.25, 0.3) is 0 Å². The van der Waals surface area contributed by atoms with Crippen LogP contribution in [0.2, 0.25) is 0 Å². The molecule has 1 aromatic carbocycles. The summed E-state index contributed by atoms with van der Waals surface area (Å²) in [6.45, 7) is 0.288. The van der Waals surface area contributed by atoms with E-state index in [0.717, 1.165) is 24.0 Å². The molecule has 1 fully saturated rings. The van der Waals surface area contributed by atoms with Gasteiger partial charge < -0.3 is 10.5 Å². The van der Waals surface area contributed by atoms with Gasteiger partial charge in [-0.2, -0.15) is 0 Å². The second-order valence-corrected chi connectivity index (χ2v) is 6.44. The third-order valence-corrected chi connectivity index (χ3v) is 4.75. The number of rotatable bonds is 5. The second-order valence-electron chi connectivity index (χ2n) is 6.44. The molecule has 1 aliphatic rings. The highest BCUT2D eigenvalue weighted by Crippen LogP contribution is 2.43. The van der Waals surface area contributed by atoms with Crippen LogP contribution in [0.15, 0.2) is 49.1 Å². The molecule has 0 aliphatic heterocycles. The molecule has 0 spiro atoms. The summed E-state index contributed by atoms with van der Waals surface area (Å²) in [5.41, 5.74) is 8.25. The Bertz CT molecular complexity index is 896. The number of nitrogens with zero attached hydrogens (tertiary/aromatic N) is 3. The summed E-state index contributed by atoms with van der Waals surface area (Å²) in [5, 5.41) is 0. The number of halogens is 1. The van der Waals surface area contributed by atoms with Crippen LogP contribution in [-0.4, -0.2) is 15.0 Å². The number of hydrogen-bond acceptors (Lipinski definition) is 5. The summed E-state index contributed by atoms with van der Waals surface area (Å²) in [6.07, 6.45) is 9.58. The lowest BCUT2D eigenvalue weighted by Gasteiger charge is -2.28. The zero-order valence-corrected chi connectivity index (χ0v) is 14.2. The van der Waals surface area contributed by atoms with Gasteiger partial charge >= 0.3 is 0 Å². The molecule has 2 heterocycles. The third kappa shape index (κ3) is 3.22. The van der Waals surface area contributed by atoms with Gasteiger partial charge in [-0.3, -0.25) is 9.97 Å². The molecular weight excluding hydrogens is 331 g/mol. The Labute approximate surface area is 151 Å². The van der Waals surface area contributed by atoms with E-state index >= 15 is 4.39 Å². The fourth-order valence-electron chi connectivity index (χ4n) is 3.07. The minimum absolute atomic E-state index is 0.288. The number of nitrogen functional groups attached to an aromatic ring is 1. The Morgan fingerprint density at radius 1 is 1.08 bits per heavy atom. The zero-order chi connectivity index (χ0) is 17.9. The second kappa shape index (κ2) is 7.07. The highest BCUT2D eigenvalue weighted by Gasteiger charge is 2.26. The van der Waals surface area contributed by atoms with Crippen molar-refractivity contribution in [2.75, 3.05) is 5.73 Å². The van der Waals surface area contributed by atoms with E-state index in [0.29, 0.717) is 28.7 Å². The van der Waals surface area contributed by atoms with Crippen LogP contribution in [0.5, 0.6) is 5.75 Å². The van der Waals surface area contributed by atoms with Gasteiger partial charge in [-0.05, 0) is 42.5 Å². The highest BCUT2D eigenvalue weighted by atomic mass is 19.1. The van der Waals surface area contributed by atoms with Crippen molar-refractivity contribution < 1.29 is 9.13 Å². The van der Waals surface area contributed by atoms with Gasteiger partial charge in [0.1, 0.15) is 12.4 Å². The maximum Gasteiger partial charge on any atom is 0.174 e. The highest BCUT2D eigenvalue weighted by molar-refractivity contribution is 5.64. The fourth-order valence-corrected chi connectivity index (χ4v) is 3.07. The molecule has 0 unspecified atom stereocenters. The topological polar surface area (TPSA) is 73.9 Å². The van der Waals surface area contributed by atoms with Gasteiger partial charge in [0.05, 0.1) is 18.1 Å². The molecule has 3 aromatic rings. The minimum atomic E-state index is -0.400. The molecule has 0 saturated heterocycles. The van der Waals surface area contributed by atoms with Crippen LogP contribution in [0, 0.1) is 5.82 Å².